The first-order chi connectivity index (χ1) is 12.1. The first-order valence-corrected chi connectivity index (χ1v) is 10.1. The van der Waals surface area contributed by atoms with Gasteiger partial charge in [0, 0.05) is 30.8 Å². The van der Waals surface area contributed by atoms with E-state index in [0.717, 1.165) is 37.2 Å². The SMILES string of the molecule is C=C(CC(=S)Cc1ccc(CCCCCC)cc1)C1=CCCN(C)C1. The van der Waals surface area contributed by atoms with Gasteiger partial charge in [-0.1, -0.05) is 75.3 Å². The highest BCUT2D eigenvalue weighted by atomic mass is 32.1. The predicted octanol–water partition coefficient (Wildman–Crippen LogP) is 5.93. The summed E-state index contributed by atoms with van der Waals surface area (Å²) < 4.78 is 0. The lowest BCUT2D eigenvalue weighted by Gasteiger charge is -2.24. The third-order valence-corrected chi connectivity index (χ3v) is 5.24. The molecule has 1 aliphatic rings. The van der Waals surface area contributed by atoms with Gasteiger partial charge in [-0.2, -0.15) is 0 Å². The minimum absolute atomic E-state index is 0.841. The van der Waals surface area contributed by atoms with Crippen LogP contribution in [0.4, 0.5) is 0 Å². The molecule has 2 heteroatoms. The van der Waals surface area contributed by atoms with Crippen LogP contribution in [0.3, 0.4) is 0 Å². The highest BCUT2D eigenvalue weighted by Crippen LogP contribution is 2.20. The summed E-state index contributed by atoms with van der Waals surface area (Å²) in [6, 6.07) is 9.05. The van der Waals surface area contributed by atoms with E-state index in [-0.39, 0.29) is 0 Å². The van der Waals surface area contributed by atoms with Crippen LogP contribution in [0.25, 0.3) is 0 Å². The van der Waals surface area contributed by atoms with Crippen LogP contribution < -0.4 is 0 Å². The fraction of sp³-hybridized carbons (Fsp3) is 0.522. The zero-order chi connectivity index (χ0) is 18.1. The Labute approximate surface area is 159 Å². The summed E-state index contributed by atoms with van der Waals surface area (Å²) in [6.07, 6.45) is 11.7. The quantitative estimate of drug-likeness (QED) is 0.378. The summed E-state index contributed by atoms with van der Waals surface area (Å²) in [4.78, 5) is 3.44. The highest BCUT2D eigenvalue weighted by Gasteiger charge is 2.12. The average Bonchev–Trinajstić information content (AvgIpc) is 2.60. The van der Waals surface area contributed by atoms with E-state index >= 15 is 0 Å². The Bertz CT molecular complexity index is 597. The van der Waals surface area contributed by atoms with Crippen LogP contribution >= 0.6 is 12.2 Å². The fourth-order valence-electron chi connectivity index (χ4n) is 3.37. The topological polar surface area (TPSA) is 3.24 Å². The Morgan fingerprint density at radius 1 is 1.12 bits per heavy atom. The van der Waals surface area contributed by atoms with E-state index in [0.29, 0.717) is 0 Å². The molecule has 25 heavy (non-hydrogen) atoms. The number of hydrogen-bond acceptors (Lipinski definition) is 2. The van der Waals surface area contributed by atoms with Crippen molar-refractivity contribution in [3.63, 3.8) is 0 Å². The lowest BCUT2D eigenvalue weighted by molar-refractivity contribution is 0.357. The van der Waals surface area contributed by atoms with Gasteiger partial charge in [0.2, 0.25) is 0 Å². The van der Waals surface area contributed by atoms with Gasteiger partial charge in [0.25, 0.3) is 0 Å². The van der Waals surface area contributed by atoms with Crippen molar-refractivity contribution < 1.29 is 0 Å². The van der Waals surface area contributed by atoms with Crippen molar-refractivity contribution >= 4 is 17.1 Å². The Kier molecular flexibility index (Phi) is 8.57. The van der Waals surface area contributed by atoms with Crippen LogP contribution in [0.2, 0.25) is 0 Å². The number of hydrogen-bond donors (Lipinski definition) is 0. The number of likely N-dealkylation sites (N-methyl/N-ethyl adjacent to an activating group) is 1. The van der Waals surface area contributed by atoms with E-state index < -0.39 is 0 Å². The molecule has 0 bridgehead atoms. The molecule has 1 aromatic carbocycles. The normalized spacial score (nSPS) is 15.0. The molecular weight excluding hydrogens is 322 g/mol. The third kappa shape index (κ3) is 7.25. The molecule has 1 aromatic rings. The number of benzene rings is 1. The van der Waals surface area contributed by atoms with Crippen molar-refractivity contribution in [1.82, 2.24) is 4.90 Å². The van der Waals surface area contributed by atoms with Gasteiger partial charge in [0.15, 0.2) is 0 Å². The van der Waals surface area contributed by atoms with Crippen LogP contribution in [-0.2, 0) is 12.8 Å². The van der Waals surface area contributed by atoms with Crippen molar-refractivity contribution in [2.75, 3.05) is 20.1 Å². The van der Waals surface area contributed by atoms with Crippen LogP contribution in [0, 0.1) is 0 Å². The van der Waals surface area contributed by atoms with E-state index in [1.165, 1.54) is 54.4 Å². The molecule has 0 atom stereocenters. The number of unbranched alkanes of at least 4 members (excludes halogenated alkanes) is 3. The van der Waals surface area contributed by atoms with Gasteiger partial charge < -0.3 is 4.90 Å². The van der Waals surface area contributed by atoms with E-state index in [2.05, 4.69) is 55.8 Å². The molecule has 0 amide bonds. The fourth-order valence-corrected chi connectivity index (χ4v) is 3.71. The lowest BCUT2D eigenvalue weighted by atomic mass is 9.96. The van der Waals surface area contributed by atoms with E-state index in [4.69, 9.17) is 12.2 Å². The molecule has 0 radical (unpaired) electrons. The zero-order valence-corrected chi connectivity index (χ0v) is 16.8. The summed E-state index contributed by atoms with van der Waals surface area (Å²) >= 11 is 5.64. The molecule has 0 aromatic heterocycles. The molecule has 0 aliphatic carbocycles. The van der Waals surface area contributed by atoms with E-state index in [1.807, 2.05) is 0 Å². The van der Waals surface area contributed by atoms with Gasteiger partial charge in [0.05, 0.1) is 0 Å². The molecule has 0 fully saturated rings. The molecule has 1 nitrogen and oxygen atoms in total. The maximum atomic E-state index is 5.64. The van der Waals surface area contributed by atoms with Crippen molar-refractivity contribution in [3.05, 3.63) is 59.2 Å². The second kappa shape index (κ2) is 10.7. The summed E-state index contributed by atoms with van der Waals surface area (Å²) in [5, 5.41) is 0. The van der Waals surface area contributed by atoms with Gasteiger partial charge in [0.1, 0.15) is 0 Å². The van der Waals surface area contributed by atoms with Crippen LogP contribution in [-0.4, -0.2) is 29.9 Å². The molecule has 0 saturated heterocycles. The number of aryl methyl sites for hydroxylation is 1. The predicted molar refractivity (Wildman–Crippen MR) is 115 cm³/mol. The molecule has 0 unspecified atom stereocenters. The zero-order valence-electron chi connectivity index (χ0n) is 16.0. The van der Waals surface area contributed by atoms with E-state index in [1.54, 1.807) is 0 Å². The monoisotopic (exact) mass is 355 g/mol. The summed E-state index contributed by atoms with van der Waals surface area (Å²) in [6.45, 7) is 8.69. The van der Waals surface area contributed by atoms with Crippen LogP contribution in [0.15, 0.2) is 48.1 Å². The van der Waals surface area contributed by atoms with Gasteiger partial charge in [-0.3, -0.25) is 0 Å². The second-order valence-electron chi connectivity index (χ2n) is 7.38. The van der Waals surface area contributed by atoms with Gasteiger partial charge >= 0.3 is 0 Å². The summed E-state index contributed by atoms with van der Waals surface area (Å²) in [5.74, 6) is 0. The molecular formula is C23H33NS. The minimum atomic E-state index is 0.841. The van der Waals surface area contributed by atoms with Gasteiger partial charge in [-0.05, 0) is 48.6 Å². The van der Waals surface area contributed by atoms with Crippen molar-refractivity contribution in [1.29, 1.82) is 0 Å². The highest BCUT2D eigenvalue weighted by molar-refractivity contribution is 7.80. The smallest absolute Gasteiger partial charge is 0.0230 e. The van der Waals surface area contributed by atoms with Crippen molar-refractivity contribution in [2.45, 2.75) is 58.3 Å². The van der Waals surface area contributed by atoms with Crippen molar-refractivity contribution in [2.24, 2.45) is 0 Å². The second-order valence-corrected chi connectivity index (χ2v) is 7.96. The standard InChI is InChI=1S/C23H33NS/c1-4-5-6-7-9-20-11-13-21(14-12-20)17-23(25)16-19(2)22-10-8-15-24(3)18-22/h10-14H,2,4-9,15-18H2,1,3H3. The first-order valence-electron chi connectivity index (χ1n) is 9.73. The first kappa shape index (κ1) is 20.1. The Morgan fingerprint density at radius 3 is 2.52 bits per heavy atom. The van der Waals surface area contributed by atoms with E-state index in [9.17, 15) is 0 Å². The van der Waals surface area contributed by atoms with Crippen LogP contribution in [0.5, 0.6) is 0 Å². The summed E-state index contributed by atoms with van der Waals surface area (Å²) in [5.41, 5.74) is 5.35. The average molecular weight is 356 g/mol. The molecule has 0 spiro atoms. The Balaban J connectivity index is 1.78. The van der Waals surface area contributed by atoms with Gasteiger partial charge in [-0.15, -0.1) is 0 Å². The molecule has 2 rings (SSSR count). The lowest BCUT2D eigenvalue weighted by Crippen LogP contribution is -2.26. The largest absolute Gasteiger partial charge is 0.302 e. The Hall–Kier alpha value is -1.25. The van der Waals surface area contributed by atoms with Crippen LogP contribution in [0.1, 0.15) is 56.6 Å². The number of nitrogens with zero attached hydrogens (tertiary/aromatic N) is 1. The Morgan fingerprint density at radius 2 is 1.84 bits per heavy atom. The maximum absolute atomic E-state index is 5.64. The van der Waals surface area contributed by atoms with Gasteiger partial charge in [-0.25, -0.2) is 0 Å². The molecule has 0 N–H and O–H groups in total. The minimum Gasteiger partial charge on any atom is -0.302 e. The molecule has 1 heterocycles. The molecule has 1 aliphatic heterocycles. The molecule has 136 valence electrons. The molecule has 0 saturated carbocycles. The third-order valence-electron chi connectivity index (χ3n) is 4.95. The maximum Gasteiger partial charge on any atom is 0.0230 e. The van der Waals surface area contributed by atoms with Crippen molar-refractivity contribution in [3.8, 4) is 0 Å². The number of thiocarbonyl (C=S) groups is 1. The summed E-state index contributed by atoms with van der Waals surface area (Å²) in [7, 11) is 2.17. The number of rotatable bonds is 10.